The van der Waals surface area contributed by atoms with Gasteiger partial charge in [-0.05, 0) is 87.1 Å². The minimum atomic E-state index is 0.0763. The van der Waals surface area contributed by atoms with Crippen molar-refractivity contribution >= 4 is 10.8 Å². The van der Waals surface area contributed by atoms with Crippen molar-refractivity contribution in [3.05, 3.63) is 204 Å². The number of fused-ring (bicyclic) bond motifs is 1. The van der Waals surface area contributed by atoms with Crippen LogP contribution < -0.4 is 0 Å². The molecule has 4 N–H and O–H groups in total. The Morgan fingerprint density at radius 2 is 0.443 bits per heavy atom. The Labute approximate surface area is 372 Å². The summed E-state index contributed by atoms with van der Waals surface area (Å²) >= 11 is 0. The van der Waals surface area contributed by atoms with Crippen LogP contribution in [0.15, 0.2) is 176 Å². The van der Waals surface area contributed by atoms with Gasteiger partial charge in [0.2, 0.25) is 0 Å². The van der Waals surface area contributed by atoms with Crippen molar-refractivity contribution in [1.29, 1.82) is 0 Å². The lowest BCUT2D eigenvalue weighted by molar-refractivity contribution is 0.474. The molecule has 4 heteroatoms. The van der Waals surface area contributed by atoms with Gasteiger partial charge in [0.25, 0.3) is 0 Å². The number of phenolic OH excluding ortho intramolecular Hbond substituents is 4. The van der Waals surface area contributed by atoms with Crippen molar-refractivity contribution in [2.24, 2.45) is 0 Å². The lowest BCUT2D eigenvalue weighted by Gasteiger charge is -2.19. The van der Waals surface area contributed by atoms with E-state index in [9.17, 15) is 20.4 Å². The molecule has 0 fully saturated rings. The van der Waals surface area contributed by atoms with Crippen molar-refractivity contribution in [2.75, 3.05) is 0 Å². The third-order valence-electron chi connectivity index (χ3n) is 8.03. The molecule has 0 radical (unpaired) electrons. The molecule has 0 aliphatic carbocycles. The van der Waals surface area contributed by atoms with Crippen LogP contribution in [0.25, 0.3) is 10.8 Å². The van der Waals surface area contributed by atoms with E-state index in [1.54, 1.807) is 48.5 Å². The normalized spacial score (nSPS) is 8.80. The number of aromatic hydroxyl groups is 4. The molecule has 0 bridgehead atoms. The van der Waals surface area contributed by atoms with Crippen molar-refractivity contribution in [3.63, 3.8) is 0 Å². The molecule has 0 amide bonds. The molecule has 0 aliphatic heterocycles. The summed E-state index contributed by atoms with van der Waals surface area (Å²) in [5.41, 5.74) is 5.66. The van der Waals surface area contributed by atoms with Crippen LogP contribution in [0.4, 0.5) is 0 Å². The second kappa shape index (κ2) is 39.5. The Hall–Kier alpha value is -6.00. The third kappa shape index (κ3) is 22.8. The molecule has 0 spiro atoms. The first-order valence-electron chi connectivity index (χ1n) is 22.5. The fourth-order valence-electron chi connectivity index (χ4n) is 5.41. The van der Waals surface area contributed by atoms with Gasteiger partial charge >= 0.3 is 0 Å². The zero-order chi connectivity index (χ0) is 47.0. The highest BCUT2D eigenvalue weighted by Crippen LogP contribution is 2.33. The standard InChI is InChI=1S/C19H16O2.C14H14O2.C10H8.7C2H6/c20-17-10-6-15(7-11-17)19(14-4-2-1-3-5-14)16-8-12-18(21)13-9-16;1-10(11-2-6-13(15)7-3-11)12-4-8-14(16)9-5-12;1-2-6-10-8-4-3-7-9(10)5-1;7*1-2/h1-13,19-21H;2-10,15-16H,1H3;1-8H;7*1-2H3. The Morgan fingerprint density at radius 1 is 0.246 bits per heavy atom. The molecule has 0 saturated heterocycles. The minimum absolute atomic E-state index is 0.0763. The van der Waals surface area contributed by atoms with E-state index in [0.29, 0.717) is 0 Å². The van der Waals surface area contributed by atoms with Gasteiger partial charge in [0.15, 0.2) is 0 Å². The highest BCUT2D eigenvalue weighted by Gasteiger charge is 2.16. The summed E-state index contributed by atoms with van der Waals surface area (Å²) in [5.74, 6) is 1.41. The smallest absolute Gasteiger partial charge is 0.115 e. The molecule has 7 aromatic carbocycles. The second-order valence-electron chi connectivity index (χ2n) is 11.3. The molecule has 332 valence electrons. The average molecular weight is 829 g/mol. The Balaban J connectivity index is -0.000000747. The second-order valence-corrected chi connectivity index (χ2v) is 11.3. The fourth-order valence-corrected chi connectivity index (χ4v) is 5.41. The highest BCUT2D eigenvalue weighted by atomic mass is 16.3. The predicted octanol–water partition coefficient (Wildman–Crippen LogP) is 17.6. The lowest BCUT2D eigenvalue weighted by atomic mass is 9.85. The van der Waals surface area contributed by atoms with Crippen LogP contribution in [-0.4, -0.2) is 20.4 Å². The summed E-state index contributed by atoms with van der Waals surface area (Å²) < 4.78 is 0. The molecule has 0 saturated carbocycles. The summed E-state index contributed by atoms with van der Waals surface area (Å²) in [7, 11) is 0. The first-order valence-corrected chi connectivity index (χ1v) is 22.5. The molecule has 0 heterocycles. The molecule has 0 atom stereocenters. The monoisotopic (exact) mass is 829 g/mol. The molecule has 0 aromatic heterocycles. The zero-order valence-corrected chi connectivity index (χ0v) is 40.2. The minimum Gasteiger partial charge on any atom is -0.508 e. The van der Waals surface area contributed by atoms with Gasteiger partial charge in [-0.15, -0.1) is 0 Å². The van der Waals surface area contributed by atoms with Gasteiger partial charge in [-0.25, -0.2) is 0 Å². The fraction of sp³-hybridized carbons (Fsp3) is 0.298. The summed E-state index contributed by atoms with van der Waals surface area (Å²) in [6, 6.07) is 55.8. The molecule has 7 rings (SSSR count). The van der Waals surface area contributed by atoms with E-state index in [2.05, 4.69) is 67.6 Å². The molecule has 4 nitrogen and oxygen atoms in total. The van der Waals surface area contributed by atoms with Crippen LogP contribution in [-0.2, 0) is 0 Å². The maximum Gasteiger partial charge on any atom is 0.115 e. The first kappa shape index (κ1) is 59.3. The van der Waals surface area contributed by atoms with Crippen LogP contribution in [0, 0.1) is 0 Å². The van der Waals surface area contributed by atoms with Gasteiger partial charge in [0.1, 0.15) is 23.0 Å². The van der Waals surface area contributed by atoms with Crippen molar-refractivity contribution in [1.82, 2.24) is 0 Å². The average Bonchev–Trinajstić information content (AvgIpc) is 3.36. The molecular weight excluding hydrogens is 749 g/mol. The molecular formula is C57H80O4. The SMILES string of the molecule is CC.CC.CC.CC.CC.CC.CC.CC(c1ccc(O)cc1)c1ccc(O)cc1.Oc1ccc(C(c2ccccc2)c2ccc(O)cc2)cc1.c1ccc2ccccc2c1. The quantitative estimate of drug-likeness (QED) is 0.130. The van der Waals surface area contributed by atoms with E-state index in [1.807, 2.05) is 164 Å². The van der Waals surface area contributed by atoms with E-state index in [-0.39, 0.29) is 34.8 Å². The van der Waals surface area contributed by atoms with E-state index >= 15 is 0 Å². The summed E-state index contributed by atoms with van der Waals surface area (Å²) in [6.45, 7) is 30.1. The zero-order valence-electron chi connectivity index (χ0n) is 40.2. The van der Waals surface area contributed by atoms with Gasteiger partial charge in [-0.3, -0.25) is 0 Å². The number of rotatable bonds is 5. The topological polar surface area (TPSA) is 80.9 Å². The Bertz CT molecular complexity index is 1800. The van der Waals surface area contributed by atoms with Gasteiger partial charge in [-0.1, -0.05) is 231 Å². The van der Waals surface area contributed by atoms with Crippen LogP contribution in [0.3, 0.4) is 0 Å². The first-order chi connectivity index (χ1) is 29.9. The van der Waals surface area contributed by atoms with Crippen LogP contribution in [0.5, 0.6) is 23.0 Å². The number of hydrogen-bond acceptors (Lipinski definition) is 4. The maximum atomic E-state index is 9.48. The predicted molar refractivity (Wildman–Crippen MR) is 271 cm³/mol. The summed E-state index contributed by atoms with van der Waals surface area (Å²) in [4.78, 5) is 0. The lowest BCUT2D eigenvalue weighted by Crippen LogP contribution is -2.02. The van der Waals surface area contributed by atoms with Gasteiger partial charge in [0.05, 0.1) is 0 Å². The highest BCUT2D eigenvalue weighted by molar-refractivity contribution is 5.82. The van der Waals surface area contributed by atoms with E-state index in [0.717, 1.165) is 22.3 Å². The number of benzene rings is 7. The molecule has 61 heavy (non-hydrogen) atoms. The van der Waals surface area contributed by atoms with E-state index < -0.39 is 0 Å². The Kier molecular flexibility index (Phi) is 38.4. The molecule has 0 unspecified atom stereocenters. The molecule has 0 aliphatic rings. The van der Waals surface area contributed by atoms with E-state index in [1.165, 1.54) is 16.3 Å². The number of hydrogen-bond donors (Lipinski definition) is 4. The summed E-state index contributed by atoms with van der Waals surface area (Å²) in [6.07, 6.45) is 0. The van der Waals surface area contributed by atoms with Gasteiger partial charge < -0.3 is 20.4 Å². The number of phenols is 4. The van der Waals surface area contributed by atoms with Crippen LogP contribution in [0.1, 0.15) is 144 Å². The summed E-state index contributed by atoms with van der Waals surface area (Å²) in [5, 5.41) is 40.0. The van der Waals surface area contributed by atoms with Gasteiger partial charge in [0, 0.05) is 11.8 Å². The van der Waals surface area contributed by atoms with Crippen LogP contribution >= 0.6 is 0 Å². The van der Waals surface area contributed by atoms with Crippen molar-refractivity contribution in [2.45, 2.75) is 116 Å². The maximum absolute atomic E-state index is 9.48. The Morgan fingerprint density at radius 3 is 0.689 bits per heavy atom. The van der Waals surface area contributed by atoms with E-state index in [4.69, 9.17) is 0 Å². The molecule has 7 aromatic rings. The largest absolute Gasteiger partial charge is 0.508 e. The van der Waals surface area contributed by atoms with Crippen molar-refractivity contribution < 1.29 is 20.4 Å². The third-order valence-corrected chi connectivity index (χ3v) is 8.03. The van der Waals surface area contributed by atoms with Crippen LogP contribution in [0.2, 0.25) is 0 Å². The van der Waals surface area contributed by atoms with Crippen molar-refractivity contribution in [3.8, 4) is 23.0 Å². The van der Waals surface area contributed by atoms with Gasteiger partial charge in [-0.2, -0.15) is 0 Å².